The fourth-order valence-corrected chi connectivity index (χ4v) is 5.25. The summed E-state index contributed by atoms with van der Waals surface area (Å²) in [5, 5.41) is 14.5. The van der Waals surface area contributed by atoms with Crippen molar-refractivity contribution in [1.82, 2.24) is 30.0 Å². The molecule has 0 saturated carbocycles. The lowest BCUT2D eigenvalue weighted by atomic mass is 9.88. The van der Waals surface area contributed by atoms with Crippen molar-refractivity contribution in [2.45, 2.75) is 63.4 Å². The van der Waals surface area contributed by atoms with Gasteiger partial charge < -0.3 is 24.0 Å². The summed E-state index contributed by atoms with van der Waals surface area (Å²) >= 11 is 0. The Morgan fingerprint density at radius 3 is 2.85 bits per heavy atom. The lowest BCUT2D eigenvalue weighted by molar-refractivity contribution is -0.0123. The number of alkyl halides is 1. The van der Waals surface area contributed by atoms with E-state index in [9.17, 15) is 9.50 Å². The van der Waals surface area contributed by atoms with Gasteiger partial charge in [-0.1, -0.05) is 5.16 Å². The van der Waals surface area contributed by atoms with E-state index in [1.165, 1.54) is 0 Å². The van der Waals surface area contributed by atoms with Crippen LogP contribution in [0.25, 0.3) is 11.6 Å². The Hall–Kier alpha value is -2.44. The fourth-order valence-electron chi connectivity index (χ4n) is 5.25. The molecule has 5 rings (SSSR count). The molecule has 5 heterocycles. The van der Waals surface area contributed by atoms with Gasteiger partial charge in [-0.05, 0) is 33.2 Å². The molecule has 0 aliphatic carbocycles. The number of fused-ring (bicyclic) bond motifs is 1. The van der Waals surface area contributed by atoms with E-state index in [1.54, 1.807) is 13.8 Å². The summed E-state index contributed by atoms with van der Waals surface area (Å²) in [7, 11) is 0. The Morgan fingerprint density at radius 1 is 1.21 bits per heavy atom. The number of β-amino-alcohol motifs (C(OH)–C–C–N with tert-alkyl or cyclic N) is 1. The standard InChI is InChI=1S/C21H30FN7O4/c1-13(21-5-4-6-29(21)10-15(22)9-21)32-19-25-16(17-23-14(2)33-27-17)24-18(26-19)28-7-8-31-12-20(3,30)11-28/h13,15,30H,4-12H2,1-3H3/t13-,15+,20-,21-/m0/s1. The molecular formula is C21H30FN7O4. The zero-order valence-corrected chi connectivity index (χ0v) is 19.2. The predicted octanol–water partition coefficient (Wildman–Crippen LogP) is 1.16. The molecule has 0 unspecified atom stereocenters. The van der Waals surface area contributed by atoms with Crippen LogP contribution >= 0.6 is 0 Å². The second-order valence-corrected chi connectivity index (χ2v) is 9.56. The first-order valence-corrected chi connectivity index (χ1v) is 11.4. The largest absolute Gasteiger partial charge is 0.458 e. The van der Waals surface area contributed by atoms with Crippen molar-refractivity contribution < 1.29 is 23.5 Å². The number of aliphatic hydroxyl groups is 1. The van der Waals surface area contributed by atoms with Gasteiger partial charge in [-0.3, -0.25) is 4.90 Å². The van der Waals surface area contributed by atoms with Gasteiger partial charge in [0.05, 0.1) is 25.3 Å². The first kappa shape index (κ1) is 22.4. The monoisotopic (exact) mass is 463 g/mol. The number of rotatable bonds is 5. The number of halogens is 1. The minimum Gasteiger partial charge on any atom is -0.458 e. The summed E-state index contributed by atoms with van der Waals surface area (Å²) in [6, 6.07) is 0.110. The van der Waals surface area contributed by atoms with Crippen LogP contribution in [0.5, 0.6) is 6.01 Å². The third-order valence-corrected chi connectivity index (χ3v) is 6.76. The van der Waals surface area contributed by atoms with Gasteiger partial charge in [0.15, 0.2) is 0 Å². The molecule has 3 aliphatic rings. The van der Waals surface area contributed by atoms with Crippen LogP contribution in [-0.4, -0.2) is 97.9 Å². The first-order chi connectivity index (χ1) is 15.7. The molecule has 3 fully saturated rings. The van der Waals surface area contributed by atoms with E-state index in [4.69, 9.17) is 14.0 Å². The Balaban J connectivity index is 1.48. The molecule has 1 N–H and O–H groups in total. The van der Waals surface area contributed by atoms with Crippen LogP contribution in [0.15, 0.2) is 4.52 Å². The van der Waals surface area contributed by atoms with Crippen LogP contribution in [-0.2, 0) is 4.74 Å². The van der Waals surface area contributed by atoms with Crippen molar-refractivity contribution >= 4 is 5.95 Å². The van der Waals surface area contributed by atoms with E-state index in [0.717, 1.165) is 19.4 Å². The molecule has 0 amide bonds. The molecule has 180 valence electrons. The normalized spacial score (nSPS) is 31.4. The van der Waals surface area contributed by atoms with Crippen LogP contribution in [0.3, 0.4) is 0 Å². The second-order valence-electron chi connectivity index (χ2n) is 9.56. The maximum absolute atomic E-state index is 14.3. The van der Waals surface area contributed by atoms with Gasteiger partial charge in [0.1, 0.15) is 17.9 Å². The van der Waals surface area contributed by atoms with E-state index in [1.807, 2.05) is 11.8 Å². The van der Waals surface area contributed by atoms with E-state index >= 15 is 0 Å². The summed E-state index contributed by atoms with van der Waals surface area (Å²) in [6.45, 7) is 8.04. The summed E-state index contributed by atoms with van der Waals surface area (Å²) < 4.78 is 31.2. The highest BCUT2D eigenvalue weighted by molar-refractivity contribution is 5.47. The molecule has 3 saturated heterocycles. The number of aromatic nitrogens is 5. The average Bonchev–Trinajstić information content (AvgIpc) is 3.40. The van der Waals surface area contributed by atoms with Gasteiger partial charge in [0, 0.05) is 26.4 Å². The molecule has 0 spiro atoms. The summed E-state index contributed by atoms with van der Waals surface area (Å²) in [5.41, 5.74) is -1.43. The fraction of sp³-hybridized carbons (Fsp3) is 0.762. The van der Waals surface area contributed by atoms with Gasteiger partial charge in [-0.2, -0.15) is 19.9 Å². The molecule has 2 aromatic rings. The minimum atomic E-state index is -1.07. The average molecular weight is 464 g/mol. The number of aryl methyl sites for hydroxylation is 1. The number of nitrogens with zero attached hydrogens (tertiary/aromatic N) is 7. The molecule has 0 bridgehead atoms. The van der Waals surface area contributed by atoms with Crippen molar-refractivity contribution in [1.29, 1.82) is 0 Å². The SMILES string of the molecule is Cc1nc(-c2nc(O[C@@H](C)[C@@]34CCCN3C[C@H](F)C4)nc(N3CCOC[C@@](C)(O)C3)n2)no1. The van der Waals surface area contributed by atoms with Gasteiger partial charge in [0.2, 0.25) is 23.5 Å². The van der Waals surface area contributed by atoms with E-state index in [2.05, 4.69) is 30.0 Å². The number of hydrogen-bond acceptors (Lipinski definition) is 11. The second kappa shape index (κ2) is 8.41. The summed E-state index contributed by atoms with van der Waals surface area (Å²) in [6.07, 6.45) is 1.14. The third kappa shape index (κ3) is 4.38. The highest BCUT2D eigenvalue weighted by atomic mass is 19.1. The topological polar surface area (TPSA) is 123 Å². The van der Waals surface area contributed by atoms with Gasteiger partial charge >= 0.3 is 6.01 Å². The number of ether oxygens (including phenoxy) is 2. The molecule has 2 aromatic heterocycles. The van der Waals surface area contributed by atoms with Crippen LogP contribution in [0.4, 0.5) is 10.3 Å². The summed E-state index contributed by atoms with van der Waals surface area (Å²) in [4.78, 5) is 21.8. The Morgan fingerprint density at radius 2 is 2.06 bits per heavy atom. The highest BCUT2D eigenvalue weighted by Gasteiger charge is 2.53. The zero-order chi connectivity index (χ0) is 23.2. The molecule has 0 aromatic carbocycles. The molecule has 33 heavy (non-hydrogen) atoms. The molecule has 3 aliphatic heterocycles. The van der Waals surface area contributed by atoms with Crippen LogP contribution < -0.4 is 9.64 Å². The van der Waals surface area contributed by atoms with E-state index in [-0.39, 0.29) is 42.5 Å². The van der Waals surface area contributed by atoms with Gasteiger partial charge in [-0.25, -0.2) is 4.39 Å². The molecule has 12 heteroatoms. The Kier molecular flexibility index (Phi) is 5.69. The molecular weight excluding hydrogens is 433 g/mol. The smallest absolute Gasteiger partial charge is 0.322 e. The lowest BCUT2D eigenvalue weighted by Crippen LogP contribution is -2.50. The Bertz CT molecular complexity index is 1000. The van der Waals surface area contributed by atoms with Crippen molar-refractivity contribution in [2.75, 3.05) is 44.3 Å². The van der Waals surface area contributed by atoms with Crippen molar-refractivity contribution in [2.24, 2.45) is 0 Å². The van der Waals surface area contributed by atoms with Crippen molar-refractivity contribution in [3.63, 3.8) is 0 Å². The van der Waals surface area contributed by atoms with E-state index in [0.29, 0.717) is 38.0 Å². The lowest BCUT2D eigenvalue weighted by Gasteiger charge is -2.37. The van der Waals surface area contributed by atoms with Gasteiger partial charge in [0.25, 0.3) is 0 Å². The highest BCUT2D eigenvalue weighted by Crippen LogP contribution is 2.43. The number of hydrogen-bond donors (Lipinski definition) is 1. The Labute approximate surface area is 191 Å². The van der Waals surface area contributed by atoms with E-state index < -0.39 is 11.8 Å². The quantitative estimate of drug-likeness (QED) is 0.687. The van der Waals surface area contributed by atoms with Crippen LogP contribution in [0.2, 0.25) is 0 Å². The maximum Gasteiger partial charge on any atom is 0.322 e. The van der Waals surface area contributed by atoms with Crippen LogP contribution in [0, 0.1) is 6.92 Å². The zero-order valence-electron chi connectivity index (χ0n) is 19.2. The van der Waals surface area contributed by atoms with Crippen molar-refractivity contribution in [3.05, 3.63) is 5.89 Å². The molecule has 11 nitrogen and oxygen atoms in total. The third-order valence-electron chi connectivity index (χ3n) is 6.76. The van der Waals surface area contributed by atoms with Crippen molar-refractivity contribution in [3.8, 4) is 17.7 Å². The van der Waals surface area contributed by atoms with Gasteiger partial charge in [-0.15, -0.1) is 0 Å². The summed E-state index contributed by atoms with van der Waals surface area (Å²) in [5.74, 6) is 1.14. The first-order valence-electron chi connectivity index (χ1n) is 11.4. The predicted molar refractivity (Wildman–Crippen MR) is 115 cm³/mol. The van der Waals surface area contributed by atoms with Crippen LogP contribution in [0.1, 0.15) is 39.0 Å². The molecule has 0 radical (unpaired) electrons. The molecule has 4 atom stereocenters. The number of anilines is 1. The minimum absolute atomic E-state index is 0.110. The maximum atomic E-state index is 14.3.